The fourth-order valence-electron chi connectivity index (χ4n) is 2.26. The van der Waals surface area contributed by atoms with Crippen LogP contribution in [0.3, 0.4) is 0 Å². The van der Waals surface area contributed by atoms with E-state index in [0.717, 1.165) is 6.42 Å². The molecule has 1 amide bonds. The Morgan fingerprint density at radius 3 is 2.76 bits per heavy atom. The zero-order valence-corrected chi connectivity index (χ0v) is 13.1. The van der Waals surface area contributed by atoms with Crippen LogP contribution < -0.4 is 10.5 Å². The fourth-order valence-corrected chi connectivity index (χ4v) is 3.14. The van der Waals surface area contributed by atoms with Crippen molar-refractivity contribution in [1.82, 2.24) is 5.32 Å². The number of primary sulfonamides is 1. The highest BCUT2D eigenvalue weighted by atomic mass is 35.5. The highest BCUT2D eigenvalue weighted by Crippen LogP contribution is 2.19. The Morgan fingerprint density at radius 1 is 1.43 bits per heavy atom. The number of sulfonamides is 1. The van der Waals surface area contributed by atoms with E-state index in [4.69, 9.17) is 21.5 Å². The number of halogens is 1. The molecule has 0 radical (unpaired) electrons. The molecule has 1 aromatic carbocycles. The number of benzene rings is 1. The lowest BCUT2D eigenvalue weighted by atomic mass is 10.0. The van der Waals surface area contributed by atoms with Gasteiger partial charge in [-0.05, 0) is 38.0 Å². The Bertz CT molecular complexity index is 648. The van der Waals surface area contributed by atoms with Gasteiger partial charge in [0.1, 0.15) is 0 Å². The van der Waals surface area contributed by atoms with Gasteiger partial charge in [-0.25, -0.2) is 13.6 Å². The number of hydrogen-bond donors (Lipinski definition) is 2. The maximum atomic E-state index is 12.2. The Labute approximate surface area is 128 Å². The maximum absolute atomic E-state index is 12.2. The second-order valence-electron chi connectivity index (χ2n) is 5.10. The molecule has 8 heteroatoms. The third-order valence-corrected chi connectivity index (χ3v) is 4.39. The summed E-state index contributed by atoms with van der Waals surface area (Å²) in [7, 11) is -3.91. The molecule has 0 saturated carbocycles. The fraction of sp³-hybridized carbons (Fsp3) is 0.462. The van der Waals surface area contributed by atoms with Gasteiger partial charge < -0.3 is 10.1 Å². The van der Waals surface area contributed by atoms with Crippen molar-refractivity contribution in [3.8, 4) is 0 Å². The number of nitrogens with two attached hydrogens (primary N) is 1. The van der Waals surface area contributed by atoms with E-state index in [2.05, 4.69) is 5.32 Å². The van der Waals surface area contributed by atoms with Gasteiger partial charge in [0.2, 0.25) is 10.0 Å². The Balaban J connectivity index is 2.17. The largest absolute Gasteiger partial charge is 0.378 e. The summed E-state index contributed by atoms with van der Waals surface area (Å²) in [5.41, 5.74) is 0.172. The molecule has 6 nitrogen and oxygen atoms in total. The molecule has 0 aliphatic carbocycles. The van der Waals surface area contributed by atoms with Gasteiger partial charge in [-0.3, -0.25) is 4.79 Å². The number of carbonyl (C=O) groups is 1. The molecule has 1 heterocycles. The summed E-state index contributed by atoms with van der Waals surface area (Å²) >= 11 is 5.85. The molecule has 1 saturated heterocycles. The van der Waals surface area contributed by atoms with Crippen LogP contribution >= 0.6 is 11.6 Å². The monoisotopic (exact) mass is 332 g/mol. The minimum atomic E-state index is -3.91. The highest BCUT2D eigenvalue weighted by Gasteiger charge is 2.22. The molecule has 1 aliphatic rings. The SMILES string of the molecule is CC1CC(NC(=O)c2cc(Cl)cc(S(N)(=O)=O)c2)CCO1. The van der Waals surface area contributed by atoms with Crippen molar-refractivity contribution in [2.75, 3.05) is 6.61 Å². The Morgan fingerprint density at radius 2 is 2.14 bits per heavy atom. The summed E-state index contributed by atoms with van der Waals surface area (Å²) in [5.74, 6) is -0.374. The van der Waals surface area contributed by atoms with Crippen LogP contribution in [0.1, 0.15) is 30.1 Å². The molecule has 116 valence electrons. The summed E-state index contributed by atoms with van der Waals surface area (Å²) < 4.78 is 28.1. The van der Waals surface area contributed by atoms with E-state index in [9.17, 15) is 13.2 Å². The third kappa shape index (κ3) is 4.41. The van der Waals surface area contributed by atoms with Crippen molar-refractivity contribution in [2.45, 2.75) is 36.8 Å². The van der Waals surface area contributed by atoms with Crippen molar-refractivity contribution in [3.63, 3.8) is 0 Å². The average Bonchev–Trinajstić information content (AvgIpc) is 2.37. The van der Waals surface area contributed by atoms with Crippen LogP contribution in [0.2, 0.25) is 5.02 Å². The predicted molar refractivity (Wildman–Crippen MR) is 78.7 cm³/mol. The lowest BCUT2D eigenvalue weighted by Crippen LogP contribution is -2.41. The summed E-state index contributed by atoms with van der Waals surface area (Å²) in [6, 6.07) is 3.84. The first kappa shape index (κ1) is 16.2. The van der Waals surface area contributed by atoms with Crippen LogP contribution in [-0.4, -0.2) is 33.1 Å². The van der Waals surface area contributed by atoms with Crippen LogP contribution in [0.5, 0.6) is 0 Å². The first-order valence-corrected chi connectivity index (χ1v) is 8.44. The Hall–Kier alpha value is -1.15. The van der Waals surface area contributed by atoms with Crippen molar-refractivity contribution >= 4 is 27.5 Å². The highest BCUT2D eigenvalue weighted by molar-refractivity contribution is 7.89. The summed E-state index contributed by atoms with van der Waals surface area (Å²) in [6.07, 6.45) is 1.52. The van der Waals surface area contributed by atoms with Crippen LogP contribution in [0.4, 0.5) is 0 Å². The van der Waals surface area contributed by atoms with Gasteiger partial charge in [-0.1, -0.05) is 11.6 Å². The smallest absolute Gasteiger partial charge is 0.251 e. The van der Waals surface area contributed by atoms with Gasteiger partial charge in [0.15, 0.2) is 0 Å². The van der Waals surface area contributed by atoms with Crippen molar-refractivity contribution in [3.05, 3.63) is 28.8 Å². The van der Waals surface area contributed by atoms with E-state index in [1.807, 2.05) is 6.92 Å². The van der Waals surface area contributed by atoms with Crippen molar-refractivity contribution in [2.24, 2.45) is 5.14 Å². The van der Waals surface area contributed by atoms with E-state index >= 15 is 0 Å². The van der Waals surface area contributed by atoms with Crippen LogP contribution in [0.25, 0.3) is 0 Å². The minimum Gasteiger partial charge on any atom is -0.378 e. The van der Waals surface area contributed by atoms with Crippen LogP contribution in [0, 0.1) is 0 Å². The van der Waals surface area contributed by atoms with E-state index < -0.39 is 10.0 Å². The van der Waals surface area contributed by atoms with Gasteiger partial charge in [0, 0.05) is 23.2 Å². The lowest BCUT2D eigenvalue weighted by molar-refractivity contribution is 0.0136. The molecule has 0 aromatic heterocycles. The third-order valence-electron chi connectivity index (χ3n) is 3.28. The van der Waals surface area contributed by atoms with Gasteiger partial charge in [0.05, 0.1) is 11.0 Å². The summed E-state index contributed by atoms with van der Waals surface area (Å²) in [5, 5.41) is 8.07. The summed E-state index contributed by atoms with van der Waals surface area (Å²) in [6.45, 7) is 2.53. The molecule has 2 unspecified atom stereocenters. The molecule has 1 aliphatic heterocycles. The molecule has 2 atom stereocenters. The molecule has 1 aromatic rings. The topological polar surface area (TPSA) is 98.5 Å². The van der Waals surface area contributed by atoms with Gasteiger partial charge >= 0.3 is 0 Å². The zero-order chi connectivity index (χ0) is 15.6. The lowest BCUT2D eigenvalue weighted by Gasteiger charge is -2.28. The van der Waals surface area contributed by atoms with Crippen molar-refractivity contribution < 1.29 is 17.9 Å². The first-order valence-electron chi connectivity index (χ1n) is 6.51. The molecule has 0 spiro atoms. The molecule has 21 heavy (non-hydrogen) atoms. The zero-order valence-electron chi connectivity index (χ0n) is 11.5. The second kappa shape index (κ2) is 6.31. The molecule has 0 bridgehead atoms. The molecule has 3 N–H and O–H groups in total. The van der Waals surface area contributed by atoms with Crippen LogP contribution in [-0.2, 0) is 14.8 Å². The number of ether oxygens (including phenoxy) is 1. The van der Waals surface area contributed by atoms with E-state index in [0.29, 0.717) is 13.0 Å². The van der Waals surface area contributed by atoms with Gasteiger partial charge in [-0.2, -0.15) is 0 Å². The summed E-state index contributed by atoms with van der Waals surface area (Å²) in [4.78, 5) is 12.0. The van der Waals surface area contributed by atoms with Crippen molar-refractivity contribution in [1.29, 1.82) is 0 Å². The second-order valence-corrected chi connectivity index (χ2v) is 7.09. The van der Waals surface area contributed by atoms with Gasteiger partial charge in [0.25, 0.3) is 5.91 Å². The predicted octanol–water partition coefficient (Wildman–Crippen LogP) is 1.28. The number of rotatable bonds is 3. The number of carbonyl (C=O) groups excluding carboxylic acids is 1. The minimum absolute atomic E-state index is 0.00170. The van der Waals surface area contributed by atoms with E-state index in [1.165, 1.54) is 18.2 Å². The van der Waals surface area contributed by atoms with E-state index in [-0.39, 0.29) is 33.5 Å². The molecular formula is C13H17ClN2O4S. The number of hydrogen-bond acceptors (Lipinski definition) is 4. The van der Waals surface area contributed by atoms with Crippen LogP contribution in [0.15, 0.2) is 23.1 Å². The quantitative estimate of drug-likeness (QED) is 0.871. The normalized spacial score (nSPS) is 22.8. The number of nitrogens with one attached hydrogen (secondary N) is 1. The first-order chi connectivity index (χ1) is 9.75. The molecule has 2 rings (SSSR count). The molecule has 1 fully saturated rings. The average molecular weight is 333 g/mol. The standard InChI is InChI=1S/C13H17ClN2O4S/c1-8-4-11(2-3-20-8)16-13(17)9-5-10(14)7-12(6-9)21(15,18)19/h5-8,11H,2-4H2,1H3,(H,16,17)(H2,15,18,19). The molecular weight excluding hydrogens is 316 g/mol. The Kier molecular flexibility index (Phi) is 4.88. The number of amides is 1. The maximum Gasteiger partial charge on any atom is 0.251 e. The van der Waals surface area contributed by atoms with E-state index in [1.54, 1.807) is 0 Å². The van der Waals surface area contributed by atoms with Gasteiger partial charge in [-0.15, -0.1) is 0 Å².